The van der Waals surface area contributed by atoms with Crippen molar-refractivity contribution in [2.45, 2.75) is 6.04 Å². The second-order valence-corrected chi connectivity index (χ2v) is 6.90. The molecule has 0 aliphatic carbocycles. The van der Waals surface area contributed by atoms with Crippen LogP contribution in [0.4, 0.5) is 21.0 Å². The SMILES string of the molecule is FP(F)(F)(F)F.[CH]=NC.[CH]=NC.[CH]=NC.[CH]=NC.[F-].[Ru+].[c]1ccccc1C1=N[C@@H](c2ccccc2)CO1. The van der Waals surface area contributed by atoms with Crippen molar-refractivity contribution in [1.29, 1.82) is 0 Å². The summed E-state index contributed by atoms with van der Waals surface area (Å²) in [6, 6.07) is 21.2. The van der Waals surface area contributed by atoms with E-state index in [1.807, 2.05) is 42.5 Å². The van der Waals surface area contributed by atoms with E-state index >= 15 is 0 Å². The van der Waals surface area contributed by atoms with Gasteiger partial charge in [0.25, 0.3) is 0 Å². The molecule has 1 aliphatic rings. The van der Waals surface area contributed by atoms with Crippen molar-refractivity contribution in [2.75, 3.05) is 34.8 Å². The van der Waals surface area contributed by atoms with Crippen LogP contribution in [-0.4, -0.2) is 67.6 Å². The molecule has 206 valence electrons. The molecular formula is C23H28F6N5OPRu. The standard InChI is InChI=1S/C15H12NO.4C2H4N.F5P.FH.Ru/c1-3-7-12(8-4-1)14-11-17-15(16-14)13-9-5-2-6-10-13;4*1-3-2;1-6(2,3,4)5;;/h1-9,14H,11H2;4*1H,2H3;;1H;/q;;;;;;;+1/p-1/t14-;;;;;;;/m1......./s1. The van der Waals surface area contributed by atoms with E-state index in [-0.39, 0.29) is 30.2 Å². The van der Waals surface area contributed by atoms with E-state index in [1.165, 1.54) is 33.8 Å². The third-order valence-corrected chi connectivity index (χ3v) is 2.77. The summed E-state index contributed by atoms with van der Waals surface area (Å²) in [4.78, 5) is 16.6. The third-order valence-electron chi connectivity index (χ3n) is 2.77. The molecule has 1 atom stereocenters. The molecule has 0 saturated carbocycles. The van der Waals surface area contributed by atoms with E-state index in [2.05, 4.69) is 70.0 Å². The Hall–Kier alpha value is -2.78. The fraction of sp³-hybridized carbons (Fsp3) is 0.261. The van der Waals surface area contributed by atoms with Crippen LogP contribution in [-0.2, 0) is 24.2 Å². The van der Waals surface area contributed by atoms with Gasteiger partial charge in [0, 0.05) is 60.6 Å². The predicted molar refractivity (Wildman–Crippen MR) is 137 cm³/mol. The second kappa shape index (κ2) is 26.3. The summed E-state index contributed by atoms with van der Waals surface area (Å²) in [6.07, 6.45) is 0. The molecule has 14 heteroatoms. The van der Waals surface area contributed by atoms with Crippen molar-refractivity contribution in [3.8, 4) is 0 Å². The molecule has 37 heavy (non-hydrogen) atoms. The summed E-state index contributed by atoms with van der Waals surface area (Å²) < 4.78 is 54.8. The van der Waals surface area contributed by atoms with Crippen molar-refractivity contribution in [2.24, 2.45) is 25.0 Å². The average Bonchev–Trinajstić information content (AvgIpc) is 3.26. The molecule has 0 aromatic heterocycles. The number of benzene rings is 2. The Morgan fingerprint density at radius 3 is 1.54 bits per heavy atom. The summed E-state index contributed by atoms with van der Waals surface area (Å²) in [7, 11) is -2.44. The smallest absolute Gasteiger partial charge is 1.00 e. The minimum atomic E-state index is -8.55. The number of aliphatic imine (C=N–C) groups is 5. The number of hydrogen-bond donors (Lipinski definition) is 0. The van der Waals surface area contributed by atoms with Crippen LogP contribution in [0.1, 0.15) is 17.2 Å². The van der Waals surface area contributed by atoms with Gasteiger partial charge in [-0.15, -0.1) is 0 Å². The van der Waals surface area contributed by atoms with Crippen LogP contribution in [0.25, 0.3) is 0 Å². The van der Waals surface area contributed by atoms with Gasteiger partial charge in [-0.1, -0.05) is 48.5 Å². The van der Waals surface area contributed by atoms with Crippen LogP contribution in [0.3, 0.4) is 0 Å². The molecule has 0 spiro atoms. The average molecular weight is 637 g/mol. The van der Waals surface area contributed by atoms with Crippen LogP contribution in [0, 0.1) is 6.07 Å². The minimum absolute atomic E-state index is 0. The topological polar surface area (TPSA) is 71.0 Å². The molecule has 0 bridgehead atoms. The van der Waals surface area contributed by atoms with Gasteiger partial charge in [-0.2, -0.15) is 0 Å². The van der Waals surface area contributed by atoms with Crippen LogP contribution >= 0.6 is 8.16 Å². The van der Waals surface area contributed by atoms with Crippen molar-refractivity contribution < 1.29 is 49.9 Å². The van der Waals surface area contributed by atoms with Gasteiger partial charge in [0.05, 0.1) is 0 Å². The van der Waals surface area contributed by atoms with Gasteiger partial charge in [0.1, 0.15) is 12.6 Å². The first-order chi connectivity index (χ1) is 16.3. The third kappa shape index (κ3) is 35.5. The Balaban J connectivity index is -0.000000144. The van der Waals surface area contributed by atoms with E-state index in [4.69, 9.17) is 4.74 Å². The Morgan fingerprint density at radius 1 is 0.811 bits per heavy atom. The van der Waals surface area contributed by atoms with E-state index in [1.54, 1.807) is 0 Å². The van der Waals surface area contributed by atoms with Crippen LogP contribution in [0.15, 0.2) is 79.6 Å². The van der Waals surface area contributed by atoms with E-state index < -0.39 is 8.16 Å². The number of ether oxygens (including phenoxy) is 1. The van der Waals surface area contributed by atoms with E-state index in [9.17, 15) is 21.0 Å². The summed E-state index contributed by atoms with van der Waals surface area (Å²) in [6.45, 7) is 18.5. The number of halogens is 6. The first-order valence-corrected chi connectivity index (χ1v) is 11.0. The molecule has 3 rings (SSSR count). The van der Waals surface area contributed by atoms with Crippen LogP contribution < -0.4 is 4.70 Å². The van der Waals surface area contributed by atoms with E-state index in [0.29, 0.717) is 12.5 Å². The number of hydrogen-bond acceptors (Lipinski definition) is 6. The van der Waals surface area contributed by atoms with Crippen molar-refractivity contribution in [1.82, 2.24) is 0 Å². The van der Waals surface area contributed by atoms with Gasteiger partial charge in [-0.3, -0.25) is 20.0 Å². The molecule has 2 aromatic carbocycles. The monoisotopic (exact) mass is 637 g/mol. The Kier molecular flexibility index (Phi) is 31.4. The molecule has 6 nitrogen and oxygen atoms in total. The zero-order chi connectivity index (χ0) is 27.8. The van der Waals surface area contributed by atoms with Crippen LogP contribution in [0.5, 0.6) is 0 Å². The first-order valence-electron chi connectivity index (χ1n) is 9.33. The summed E-state index contributed by atoms with van der Waals surface area (Å²) in [5, 5.41) is 0. The number of nitrogens with zero attached hydrogens (tertiary/aromatic N) is 5. The summed E-state index contributed by atoms with van der Waals surface area (Å²) >= 11 is 0. The molecule has 1 heterocycles. The minimum Gasteiger partial charge on any atom is -1.00 e. The normalized spacial score (nSPS) is 13.1. The molecule has 0 N–H and O–H groups in total. The van der Waals surface area contributed by atoms with Crippen molar-refractivity contribution in [3.63, 3.8) is 0 Å². The van der Waals surface area contributed by atoms with E-state index in [0.717, 1.165) is 5.56 Å². The molecule has 0 amide bonds. The maximum absolute atomic E-state index is 9.84. The van der Waals surface area contributed by atoms with Gasteiger partial charge < -0.3 is 9.44 Å². The molecule has 6 radical (unpaired) electrons. The van der Waals surface area contributed by atoms with Gasteiger partial charge in [-0.05, 0) is 17.7 Å². The maximum atomic E-state index is 9.84. The van der Waals surface area contributed by atoms with Crippen LogP contribution in [0.2, 0.25) is 0 Å². The Morgan fingerprint density at radius 2 is 1.19 bits per heavy atom. The zero-order valence-corrected chi connectivity index (χ0v) is 23.1. The molecule has 0 unspecified atom stereocenters. The molecule has 0 fully saturated rings. The molecular weight excluding hydrogens is 608 g/mol. The summed E-state index contributed by atoms with van der Waals surface area (Å²) in [5.41, 5.74) is 2.12. The fourth-order valence-corrected chi connectivity index (χ4v) is 1.89. The Bertz CT molecular complexity index is 829. The molecule has 2 aromatic rings. The summed E-state index contributed by atoms with van der Waals surface area (Å²) in [5.74, 6) is 0.694. The van der Waals surface area contributed by atoms with Crippen molar-refractivity contribution in [3.05, 3.63) is 71.8 Å². The van der Waals surface area contributed by atoms with Gasteiger partial charge in [0.15, 0.2) is 0 Å². The largest absolute Gasteiger partial charge is 1.00 e. The molecule has 1 aliphatic heterocycles. The second-order valence-electron chi connectivity index (χ2n) is 5.62. The van der Waals surface area contributed by atoms with Gasteiger partial charge >= 0.3 is 48.6 Å². The Labute approximate surface area is 228 Å². The van der Waals surface area contributed by atoms with Gasteiger partial charge in [-0.25, -0.2) is 4.99 Å². The van der Waals surface area contributed by atoms with Gasteiger partial charge in [0.2, 0.25) is 5.90 Å². The predicted octanol–water partition coefficient (Wildman–Crippen LogP) is 3.74. The zero-order valence-electron chi connectivity index (χ0n) is 20.5. The number of rotatable bonds is 2. The maximum Gasteiger partial charge on any atom is 1.00 e. The fourth-order valence-electron chi connectivity index (χ4n) is 1.89. The molecule has 0 saturated heterocycles. The quantitative estimate of drug-likeness (QED) is 0.215. The van der Waals surface area contributed by atoms with Crippen molar-refractivity contribution >= 4 is 40.9 Å². The first kappa shape index (κ1) is 44.2.